The van der Waals surface area contributed by atoms with E-state index in [1.54, 1.807) is 19.1 Å². The Labute approximate surface area is 177 Å². The molecule has 1 saturated heterocycles. The molecule has 1 aromatic carbocycles. The summed E-state index contributed by atoms with van der Waals surface area (Å²) in [6.07, 6.45) is 1.83. The third-order valence-corrected chi connectivity index (χ3v) is 6.19. The molecule has 150 valence electrons. The molecule has 0 radical (unpaired) electrons. The lowest BCUT2D eigenvalue weighted by molar-refractivity contribution is -0.130. The lowest BCUT2D eigenvalue weighted by atomic mass is 9.97. The maximum Gasteiger partial charge on any atom is 0.219 e. The van der Waals surface area contributed by atoms with Crippen LogP contribution in [0, 0.1) is 5.82 Å². The number of likely N-dealkylation sites (tertiary alicyclic amines) is 1. The molecule has 3 heterocycles. The van der Waals surface area contributed by atoms with Crippen molar-refractivity contribution in [3.05, 3.63) is 58.4 Å². The number of amides is 1. The molecule has 2 aromatic heterocycles. The third-order valence-electron chi connectivity index (χ3n) is 4.89. The number of nitrogens with zero attached hydrogens (tertiary/aromatic N) is 3. The van der Waals surface area contributed by atoms with Gasteiger partial charge in [0.25, 0.3) is 0 Å². The monoisotopic (exact) mass is 430 g/mol. The molecule has 0 saturated carbocycles. The summed E-state index contributed by atoms with van der Waals surface area (Å²) < 4.78 is 13.6. The molecule has 29 heavy (non-hydrogen) atoms. The van der Waals surface area contributed by atoms with E-state index in [1.165, 1.54) is 23.5 Å². The van der Waals surface area contributed by atoms with Crippen LogP contribution in [0.25, 0.3) is 10.6 Å². The lowest BCUT2D eigenvalue weighted by Gasteiger charge is -2.31. The van der Waals surface area contributed by atoms with Gasteiger partial charge in [-0.2, -0.15) is 0 Å². The van der Waals surface area contributed by atoms with Gasteiger partial charge in [0.2, 0.25) is 5.91 Å². The summed E-state index contributed by atoms with van der Waals surface area (Å²) >= 11 is 7.61. The quantitative estimate of drug-likeness (QED) is 0.596. The summed E-state index contributed by atoms with van der Waals surface area (Å²) in [4.78, 5) is 24.1. The van der Waals surface area contributed by atoms with Crippen molar-refractivity contribution in [1.82, 2.24) is 14.9 Å². The highest BCUT2D eigenvalue weighted by Gasteiger charge is 2.26. The predicted octanol–water partition coefficient (Wildman–Crippen LogP) is 5.47. The van der Waals surface area contributed by atoms with E-state index in [0.29, 0.717) is 28.9 Å². The number of rotatable bonds is 4. The van der Waals surface area contributed by atoms with E-state index in [2.05, 4.69) is 5.32 Å². The number of hydrogen-bond donors (Lipinski definition) is 1. The number of piperidine rings is 1. The van der Waals surface area contributed by atoms with E-state index in [0.717, 1.165) is 30.0 Å². The maximum atomic E-state index is 13.6. The summed E-state index contributed by atoms with van der Waals surface area (Å²) in [7, 11) is 0. The van der Waals surface area contributed by atoms with E-state index >= 15 is 0 Å². The fraction of sp³-hybridized carbons (Fsp3) is 0.286. The average Bonchev–Trinajstić information content (AvgIpc) is 3.14. The molecule has 0 spiro atoms. The highest BCUT2D eigenvalue weighted by atomic mass is 35.5. The zero-order chi connectivity index (χ0) is 20.4. The van der Waals surface area contributed by atoms with Gasteiger partial charge in [-0.05, 0) is 37.1 Å². The highest BCUT2D eigenvalue weighted by Crippen LogP contribution is 2.33. The Balaban J connectivity index is 1.71. The van der Waals surface area contributed by atoms with Crippen molar-refractivity contribution in [2.45, 2.75) is 25.7 Å². The number of aromatic nitrogens is 2. The predicted molar refractivity (Wildman–Crippen MR) is 114 cm³/mol. The number of anilines is 2. The van der Waals surface area contributed by atoms with Crippen LogP contribution in [-0.4, -0.2) is 33.9 Å². The minimum atomic E-state index is -0.320. The van der Waals surface area contributed by atoms with Crippen LogP contribution in [0.1, 0.15) is 31.5 Å². The Bertz CT molecular complexity index is 1040. The Hall–Kier alpha value is -2.51. The van der Waals surface area contributed by atoms with Gasteiger partial charge in [0.15, 0.2) is 0 Å². The van der Waals surface area contributed by atoms with Crippen LogP contribution in [-0.2, 0) is 4.79 Å². The minimum Gasteiger partial charge on any atom is -0.342 e. The van der Waals surface area contributed by atoms with Gasteiger partial charge in [0.05, 0.1) is 15.6 Å². The fourth-order valence-corrected chi connectivity index (χ4v) is 4.51. The number of carbonyl (C=O) groups is 1. The molecular weight excluding hydrogens is 411 g/mol. The number of hydrogen-bond acceptors (Lipinski definition) is 5. The number of thiophene rings is 1. The minimum absolute atomic E-state index is 0.0519. The third kappa shape index (κ3) is 4.74. The molecule has 0 aliphatic carbocycles. The van der Waals surface area contributed by atoms with Crippen molar-refractivity contribution >= 4 is 40.4 Å². The summed E-state index contributed by atoms with van der Waals surface area (Å²) in [6, 6.07) is 9.95. The van der Waals surface area contributed by atoms with E-state index in [-0.39, 0.29) is 17.6 Å². The SMILES string of the molecule is CC(=O)N1CCCC(c2nc(Nc3cccc(F)c3)cc(-c3cc(Cl)cs3)n2)C1. The van der Waals surface area contributed by atoms with Crippen LogP contribution in [0.3, 0.4) is 0 Å². The first-order valence-corrected chi connectivity index (χ1v) is 10.6. The van der Waals surface area contributed by atoms with Crippen LogP contribution >= 0.6 is 22.9 Å². The molecule has 4 rings (SSSR count). The second-order valence-electron chi connectivity index (χ2n) is 7.07. The molecule has 1 aliphatic rings. The van der Waals surface area contributed by atoms with Crippen LogP contribution in [0.4, 0.5) is 15.9 Å². The van der Waals surface area contributed by atoms with Gasteiger partial charge < -0.3 is 10.2 Å². The molecule has 3 aromatic rings. The molecule has 1 unspecified atom stereocenters. The lowest BCUT2D eigenvalue weighted by Crippen LogP contribution is -2.38. The summed E-state index contributed by atoms with van der Waals surface area (Å²) in [5.41, 5.74) is 1.37. The van der Waals surface area contributed by atoms with Gasteiger partial charge in [-0.1, -0.05) is 17.7 Å². The topological polar surface area (TPSA) is 58.1 Å². The van der Waals surface area contributed by atoms with E-state index < -0.39 is 0 Å². The molecule has 1 amide bonds. The second-order valence-corrected chi connectivity index (χ2v) is 8.41. The average molecular weight is 431 g/mol. The van der Waals surface area contributed by atoms with Crippen LogP contribution < -0.4 is 5.32 Å². The van der Waals surface area contributed by atoms with Crippen LogP contribution in [0.2, 0.25) is 5.02 Å². The van der Waals surface area contributed by atoms with Crippen molar-refractivity contribution in [2.75, 3.05) is 18.4 Å². The first-order valence-electron chi connectivity index (χ1n) is 9.39. The molecule has 5 nitrogen and oxygen atoms in total. The van der Waals surface area contributed by atoms with Gasteiger partial charge in [-0.25, -0.2) is 14.4 Å². The first-order chi connectivity index (χ1) is 14.0. The zero-order valence-electron chi connectivity index (χ0n) is 15.9. The normalized spacial score (nSPS) is 16.7. The molecule has 0 bridgehead atoms. The molecular formula is C21H20ClFN4OS. The smallest absolute Gasteiger partial charge is 0.219 e. The number of halogens is 2. The Morgan fingerprint density at radius 3 is 2.90 bits per heavy atom. The van der Waals surface area contributed by atoms with E-state index in [4.69, 9.17) is 21.6 Å². The van der Waals surface area contributed by atoms with Crippen molar-refractivity contribution in [2.24, 2.45) is 0 Å². The Kier molecular flexibility index (Phi) is 5.78. The fourth-order valence-electron chi connectivity index (χ4n) is 3.47. The van der Waals surface area contributed by atoms with Crippen LogP contribution in [0.5, 0.6) is 0 Å². The van der Waals surface area contributed by atoms with Gasteiger partial charge in [-0.3, -0.25) is 4.79 Å². The van der Waals surface area contributed by atoms with E-state index in [9.17, 15) is 9.18 Å². The molecule has 1 N–H and O–H groups in total. The molecule has 1 aliphatic heterocycles. The first kappa shape index (κ1) is 19.8. The molecule has 8 heteroatoms. The largest absolute Gasteiger partial charge is 0.342 e. The standard InChI is InChI=1S/C21H20ClFN4OS/c1-13(28)27-7-3-4-14(11-27)21-25-18(19-8-15(22)12-29-19)10-20(26-21)24-17-6-2-5-16(23)9-17/h2,5-6,8-10,12,14H,3-4,7,11H2,1H3,(H,24,25,26). The molecule has 1 atom stereocenters. The summed E-state index contributed by atoms with van der Waals surface area (Å²) in [6.45, 7) is 2.95. The van der Waals surface area contributed by atoms with Gasteiger partial charge >= 0.3 is 0 Å². The maximum absolute atomic E-state index is 13.6. The Morgan fingerprint density at radius 1 is 1.31 bits per heavy atom. The highest BCUT2D eigenvalue weighted by molar-refractivity contribution is 7.14. The van der Waals surface area contributed by atoms with Crippen molar-refractivity contribution < 1.29 is 9.18 Å². The van der Waals surface area contributed by atoms with Crippen molar-refractivity contribution in [3.8, 4) is 10.6 Å². The van der Waals surface area contributed by atoms with Crippen molar-refractivity contribution in [3.63, 3.8) is 0 Å². The number of nitrogens with one attached hydrogen (secondary N) is 1. The van der Waals surface area contributed by atoms with Crippen LogP contribution in [0.15, 0.2) is 41.8 Å². The van der Waals surface area contributed by atoms with E-state index in [1.807, 2.05) is 22.4 Å². The zero-order valence-corrected chi connectivity index (χ0v) is 17.4. The Morgan fingerprint density at radius 2 is 2.17 bits per heavy atom. The van der Waals surface area contributed by atoms with Crippen molar-refractivity contribution in [1.29, 1.82) is 0 Å². The summed E-state index contributed by atoms with van der Waals surface area (Å²) in [5, 5.41) is 5.69. The second kappa shape index (κ2) is 8.47. The summed E-state index contributed by atoms with van der Waals surface area (Å²) in [5.74, 6) is 1.06. The number of benzene rings is 1. The molecule has 1 fully saturated rings. The van der Waals surface area contributed by atoms with Gasteiger partial charge in [-0.15, -0.1) is 11.3 Å². The van der Waals surface area contributed by atoms with Gasteiger partial charge in [0, 0.05) is 43.1 Å². The number of carbonyl (C=O) groups excluding carboxylic acids is 1. The van der Waals surface area contributed by atoms with Gasteiger partial charge in [0.1, 0.15) is 17.5 Å².